The first-order valence-electron chi connectivity index (χ1n) is 8.72. The Morgan fingerprint density at radius 3 is 1.95 bits per heavy atom. The standard InChI is InChI=1S/C18H34N2/c1-4-6-8-10-12-14-18(3,13-11-9-7-5-2)17-15-19-16-20-17/h15-16H,4-14H2,1-3H3,(H,19,20). The van der Waals surface area contributed by atoms with Crippen molar-refractivity contribution in [1.29, 1.82) is 0 Å². The van der Waals surface area contributed by atoms with Crippen LogP contribution in [-0.4, -0.2) is 9.97 Å². The Bertz CT molecular complexity index is 318. The van der Waals surface area contributed by atoms with Gasteiger partial charge in [0.1, 0.15) is 0 Å². The highest BCUT2D eigenvalue weighted by Crippen LogP contribution is 2.34. The molecule has 1 N–H and O–H groups in total. The molecule has 0 aliphatic rings. The maximum absolute atomic E-state index is 4.23. The maximum atomic E-state index is 4.23. The molecule has 0 saturated carbocycles. The van der Waals surface area contributed by atoms with Gasteiger partial charge in [-0.05, 0) is 12.8 Å². The smallest absolute Gasteiger partial charge is 0.0921 e. The molecule has 116 valence electrons. The lowest BCUT2D eigenvalue weighted by atomic mass is 9.77. The summed E-state index contributed by atoms with van der Waals surface area (Å²) < 4.78 is 0. The number of imidazole rings is 1. The Labute approximate surface area is 125 Å². The average Bonchev–Trinajstić information content (AvgIpc) is 2.98. The van der Waals surface area contributed by atoms with Crippen molar-refractivity contribution in [2.45, 2.75) is 96.8 Å². The number of nitrogens with one attached hydrogen (secondary N) is 1. The number of aromatic nitrogens is 2. The molecule has 1 rings (SSSR count). The molecule has 0 saturated heterocycles. The van der Waals surface area contributed by atoms with Gasteiger partial charge in [0.25, 0.3) is 0 Å². The minimum Gasteiger partial charge on any atom is -0.348 e. The largest absolute Gasteiger partial charge is 0.348 e. The van der Waals surface area contributed by atoms with Crippen molar-refractivity contribution in [3.8, 4) is 0 Å². The SMILES string of the molecule is CCCCCCCC(C)(CCCCCC)c1cnc[nH]1. The summed E-state index contributed by atoms with van der Waals surface area (Å²) in [5.74, 6) is 0. The zero-order chi connectivity index (χ0) is 14.7. The Morgan fingerprint density at radius 2 is 1.45 bits per heavy atom. The third-order valence-electron chi connectivity index (χ3n) is 4.56. The van der Waals surface area contributed by atoms with Gasteiger partial charge in [-0.1, -0.05) is 78.6 Å². The van der Waals surface area contributed by atoms with Crippen molar-refractivity contribution < 1.29 is 0 Å². The molecular formula is C18H34N2. The van der Waals surface area contributed by atoms with Crippen LogP contribution >= 0.6 is 0 Å². The number of aromatic amines is 1. The molecule has 1 aromatic heterocycles. The summed E-state index contributed by atoms with van der Waals surface area (Å²) in [5.41, 5.74) is 1.64. The summed E-state index contributed by atoms with van der Waals surface area (Å²) in [6.45, 7) is 6.98. The van der Waals surface area contributed by atoms with Crippen molar-refractivity contribution >= 4 is 0 Å². The molecule has 0 spiro atoms. The molecule has 2 heteroatoms. The first kappa shape index (κ1) is 17.3. The topological polar surface area (TPSA) is 28.7 Å². The van der Waals surface area contributed by atoms with E-state index in [9.17, 15) is 0 Å². The van der Waals surface area contributed by atoms with Crippen LogP contribution in [0.3, 0.4) is 0 Å². The summed E-state index contributed by atoms with van der Waals surface area (Å²) in [6.07, 6.45) is 18.7. The molecule has 1 aromatic rings. The van der Waals surface area contributed by atoms with E-state index in [0.717, 1.165) is 0 Å². The highest BCUT2D eigenvalue weighted by molar-refractivity contribution is 5.11. The molecular weight excluding hydrogens is 244 g/mol. The van der Waals surface area contributed by atoms with Gasteiger partial charge >= 0.3 is 0 Å². The quantitative estimate of drug-likeness (QED) is 0.467. The van der Waals surface area contributed by atoms with Crippen molar-refractivity contribution in [2.75, 3.05) is 0 Å². The van der Waals surface area contributed by atoms with E-state index in [1.165, 1.54) is 76.3 Å². The molecule has 0 radical (unpaired) electrons. The van der Waals surface area contributed by atoms with Crippen LogP contribution in [0.2, 0.25) is 0 Å². The summed E-state index contributed by atoms with van der Waals surface area (Å²) >= 11 is 0. The van der Waals surface area contributed by atoms with E-state index < -0.39 is 0 Å². The fourth-order valence-corrected chi connectivity index (χ4v) is 3.04. The second-order valence-electron chi connectivity index (χ2n) is 6.50. The van der Waals surface area contributed by atoms with Gasteiger partial charge in [-0.3, -0.25) is 0 Å². The van der Waals surface area contributed by atoms with E-state index in [2.05, 4.69) is 30.7 Å². The highest BCUT2D eigenvalue weighted by atomic mass is 14.9. The minimum absolute atomic E-state index is 0.302. The number of rotatable bonds is 12. The van der Waals surface area contributed by atoms with Gasteiger partial charge in [-0.15, -0.1) is 0 Å². The number of unbranched alkanes of at least 4 members (excludes halogenated alkanes) is 7. The van der Waals surface area contributed by atoms with Crippen LogP contribution in [0.1, 0.15) is 97.1 Å². The summed E-state index contributed by atoms with van der Waals surface area (Å²) in [7, 11) is 0. The molecule has 0 bridgehead atoms. The summed E-state index contributed by atoms with van der Waals surface area (Å²) in [5, 5.41) is 0. The lowest BCUT2D eigenvalue weighted by Gasteiger charge is -2.28. The maximum Gasteiger partial charge on any atom is 0.0921 e. The fourth-order valence-electron chi connectivity index (χ4n) is 3.04. The minimum atomic E-state index is 0.302. The van der Waals surface area contributed by atoms with Gasteiger partial charge in [0.05, 0.1) is 6.33 Å². The lowest BCUT2D eigenvalue weighted by Crippen LogP contribution is -2.22. The first-order valence-corrected chi connectivity index (χ1v) is 8.72. The number of nitrogens with zero attached hydrogens (tertiary/aromatic N) is 1. The third kappa shape index (κ3) is 6.11. The van der Waals surface area contributed by atoms with Crippen LogP contribution in [0.4, 0.5) is 0 Å². The third-order valence-corrected chi connectivity index (χ3v) is 4.56. The predicted molar refractivity (Wildman–Crippen MR) is 88.1 cm³/mol. The van der Waals surface area contributed by atoms with Crippen molar-refractivity contribution in [2.24, 2.45) is 0 Å². The van der Waals surface area contributed by atoms with Crippen molar-refractivity contribution in [1.82, 2.24) is 9.97 Å². The summed E-state index contributed by atoms with van der Waals surface area (Å²) in [6, 6.07) is 0. The van der Waals surface area contributed by atoms with Crippen LogP contribution in [-0.2, 0) is 5.41 Å². The fraction of sp³-hybridized carbons (Fsp3) is 0.833. The van der Waals surface area contributed by atoms with Crippen LogP contribution in [0, 0.1) is 0 Å². The second-order valence-corrected chi connectivity index (χ2v) is 6.50. The van der Waals surface area contributed by atoms with E-state index in [4.69, 9.17) is 0 Å². The van der Waals surface area contributed by atoms with E-state index >= 15 is 0 Å². The molecule has 0 amide bonds. The van der Waals surface area contributed by atoms with Crippen LogP contribution < -0.4 is 0 Å². The van der Waals surface area contributed by atoms with E-state index in [1.807, 2.05) is 12.5 Å². The molecule has 1 heterocycles. The van der Waals surface area contributed by atoms with Crippen molar-refractivity contribution in [3.05, 3.63) is 18.2 Å². The highest BCUT2D eigenvalue weighted by Gasteiger charge is 2.26. The molecule has 2 nitrogen and oxygen atoms in total. The van der Waals surface area contributed by atoms with E-state index in [1.54, 1.807) is 0 Å². The molecule has 20 heavy (non-hydrogen) atoms. The van der Waals surface area contributed by atoms with E-state index in [0.29, 0.717) is 5.41 Å². The number of hydrogen-bond donors (Lipinski definition) is 1. The van der Waals surface area contributed by atoms with Crippen LogP contribution in [0.15, 0.2) is 12.5 Å². The first-order chi connectivity index (χ1) is 9.73. The van der Waals surface area contributed by atoms with Gasteiger partial charge in [-0.2, -0.15) is 0 Å². The monoisotopic (exact) mass is 278 g/mol. The Morgan fingerprint density at radius 1 is 0.900 bits per heavy atom. The Hall–Kier alpha value is -0.790. The van der Waals surface area contributed by atoms with Gasteiger partial charge in [-0.25, -0.2) is 4.98 Å². The van der Waals surface area contributed by atoms with Crippen LogP contribution in [0.5, 0.6) is 0 Å². The zero-order valence-corrected chi connectivity index (χ0v) is 13.9. The van der Waals surface area contributed by atoms with Gasteiger partial charge in [0, 0.05) is 17.3 Å². The van der Waals surface area contributed by atoms with Crippen LogP contribution in [0.25, 0.3) is 0 Å². The molecule has 1 atom stereocenters. The zero-order valence-electron chi connectivity index (χ0n) is 13.9. The molecule has 0 aliphatic carbocycles. The van der Waals surface area contributed by atoms with Crippen molar-refractivity contribution in [3.63, 3.8) is 0 Å². The van der Waals surface area contributed by atoms with Gasteiger partial charge in [0.2, 0.25) is 0 Å². The lowest BCUT2D eigenvalue weighted by molar-refractivity contribution is 0.356. The molecule has 0 fully saturated rings. The number of hydrogen-bond acceptors (Lipinski definition) is 1. The Balaban J connectivity index is 2.43. The average molecular weight is 278 g/mol. The number of H-pyrrole nitrogens is 1. The molecule has 0 aliphatic heterocycles. The second kappa shape index (κ2) is 10.0. The van der Waals surface area contributed by atoms with Gasteiger partial charge < -0.3 is 4.98 Å². The normalized spacial score (nSPS) is 14.3. The predicted octanol–water partition coefficient (Wildman–Crippen LogP) is 6.00. The van der Waals surface area contributed by atoms with E-state index in [-0.39, 0.29) is 0 Å². The molecule has 0 aromatic carbocycles. The summed E-state index contributed by atoms with van der Waals surface area (Å²) in [4.78, 5) is 7.59. The molecule has 1 unspecified atom stereocenters. The Kier molecular flexibility index (Phi) is 8.64. The van der Waals surface area contributed by atoms with Gasteiger partial charge in [0.15, 0.2) is 0 Å².